The molecular formula is C18H16F6N4O. The fourth-order valence-corrected chi connectivity index (χ4v) is 2.96. The van der Waals surface area contributed by atoms with Crippen LogP contribution in [0.5, 0.6) is 0 Å². The summed E-state index contributed by atoms with van der Waals surface area (Å²) in [6.07, 6.45) is -7.82. The van der Waals surface area contributed by atoms with Crippen molar-refractivity contribution >= 4 is 11.2 Å². The van der Waals surface area contributed by atoms with Crippen LogP contribution in [0.1, 0.15) is 12.7 Å². The highest BCUT2D eigenvalue weighted by Gasteiger charge is 2.28. The molecule has 0 radical (unpaired) electrons. The van der Waals surface area contributed by atoms with E-state index in [9.17, 15) is 31.1 Å². The Kier molecular flexibility index (Phi) is 5.94. The van der Waals surface area contributed by atoms with Crippen LogP contribution in [-0.4, -0.2) is 38.1 Å². The molecule has 11 heteroatoms. The molecule has 0 amide bonds. The lowest BCUT2D eigenvalue weighted by Crippen LogP contribution is -2.29. The number of alkyl halides is 5. The predicted octanol–water partition coefficient (Wildman–Crippen LogP) is 3.77. The monoisotopic (exact) mass is 418 g/mol. The lowest BCUT2D eigenvalue weighted by Gasteiger charge is -2.18. The van der Waals surface area contributed by atoms with E-state index in [1.54, 1.807) is 0 Å². The van der Waals surface area contributed by atoms with Crippen LogP contribution in [0.15, 0.2) is 35.4 Å². The molecule has 2 aromatic heterocycles. The molecule has 2 unspecified atom stereocenters. The minimum absolute atomic E-state index is 0.124. The van der Waals surface area contributed by atoms with Crippen molar-refractivity contribution in [2.75, 3.05) is 0 Å². The second-order valence-electron chi connectivity index (χ2n) is 6.57. The summed E-state index contributed by atoms with van der Waals surface area (Å²) in [5, 5.41) is 0. The van der Waals surface area contributed by atoms with Gasteiger partial charge in [0.25, 0.3) is 18.4 Å². The summed E-state index contributed by atoms with van der Waals surface area (Å²) in [5.41, 5.74) is -0.992. The van der Waals surface area contributed by atoms with E-state index in [2.05, 4.69) is 9.97 Å². The van der Waals surface area contributed by atoms with Crippen molar-refractivity contribution in [1.29, 1.82) is 0 Å². The molecule has 3 aromatic rings. The molecule has 0 N–H and O–H groups in total. The molecule has 0 saturated carbocycles. The van der Waals surface area contributed by atoms with E-state index in [0.717, 1.165) is 27.6 Å². The third kappa shape index (κ3) is 4.28. The van der Waals surface area contributed by atoms with Gasteiger partial charge in [0.05, 0.1) is 18.6 Å². The predicted molar refractivity (Wildman–Crippen MR) is 92.9 cm³/mol. The fraction of sp³-hybridized carbons (Fsp3) is 0.389. The minimum atomic E-state index is -3.23. The zero-order valence-corrected chi connectivity index (χ0v) is 15.1. The molecular weight excluding hydrogens is 402 g/mol. The number of hydrogen-bond donors (Lipinski definition) is 0. The number of imidazole rings is 1. The van der Waals surface area contributed by atoms with Crippen LogP contribution in [0.25, 0.3) is 16.9 Å². The van der Waals surface area contributed by atoms with E-state index < -0.39 is 42.9 Å². The highest BCUT2D eigenvalue weighted by Crippen LogP contribution is 2.22. The lowest BCUT2D eigenvalue weighted by molar-refractivity contribution is 0.0201. The summed E-state index contributed by atoms with van der Waals surface area (Å²) in [6, 6.07) is 4.67. The fourth-order valence-electron chi connectivity index (χ4n) is 2.96. The van der Waals surface area contributed by atoms with E-state index >= 15 is 0 Å². The van der Waals surface area contributed by atoms with E-state index in [4.69, 9.17) is 0 Å². The molecule has 5 nitrogen and oxygen atoms in total. The van der Waals surface area contributed by atoms with Gasteiger partial charge in [-0.2, -0.15) is 0 Å². The van der Waals surface area contributed by atoms with Crippen molar-refractivity contribution in [3.05, 3.63) is 52.6 Å². The number of hydrogen-bond acceptors (Lipinski definition) is 3. The molecule has 29 heavy (non-hydrogen) atoms. The Labute approximate surface area is 160 Å². The van der Waals surface area contributed by atoms with Crippen LogP contribution in [0.4, 0.5) is 26.3 Å². The lowest BCUT2D eigenvalue weighted by atomic mass is 10.0. The average molecular weight is 418 g/mol. The molecule has 0 saturated heterocycles. The topological polar surface area (TPSA) is 52.7 Å². The van der Waals surface area contributed by atoms with Gasteiger partial charge in [-0.05, 0) is 30.2 Å². The number of halogens is 6. The Morgan fingerprint density at radius 1 is 1.07 bits per heavy atom. The molecule has 1 aromatic carbocycles. The highest BCUT2D eigenvalue weighted by atomic mass is 19.3. The first-order chi connectivity index (χ1) is 13.7. The molecule has 0 aliphatic heterocycles. The third-order valence-corrected chi connectivity index (χ3v) is 4.42. The summed E-state index contributed by atoms with van der Waals surface area (Å²) in [7, 11) is 0. The van der Waals surface area contributed by atoms with Gasteiger partial charge >= 0.3 is 0 Å². The van der Waals surface area contributed by atoms with Gasteiger partial charge in [0.1, 0.15) is 11.6 Å². The number of fused-ring (bicyclic) bond motifs is 1. The van der Waals surface area contributed by atoms with Gasteiger partial charge in [-0.3, -0.25) is 9.36 Å². The zero-order valence-electron chi connectivity index (χ0n) is 15.1. The molecule has 0 aliphatic carbocycles. The zero-order chi connectivity index (χ0) is 21.3. The van der Waals surface area contributed by atoms with E-state index in [1.165, 1.54) is 19.1 Å². The van der Waals surface area contributed by atoms with E-state index in [1.807, 2.05) is 0 Å². The summed E-state index contributed by atoms with van der Waals surface area (Å²) in [5.74, 6) is -1.92. The van der Waals surface area contributed by atoms with Gasteiger partial charge in [0.15, 0.2) is 17.3 Å². The Morgan fingerprint density at radius 3 is 2.31 bits per heavy atom. The highest BCUT2D eigenvalue weighted by molar-refractivity contribution is 5.70. The van der Waals surface area contributed by atoms with Crippen molar-refractivity contribution in [3.63, 3.8) is 0 Å². The molecule has 0 bridgehead atoms. The molecule has 0 aliphatic rings. The number of nitrogens with zero attached hydrogens (tertiary/aromatic N) is 4. The van der Waals surface area contributed by atoms with Crippen LogP contribution in [-0.2, 0) is 13.0 Å². The largest absolute Gasteiger partial charge is 0.309 e. The van der Waals surface area contributed by atoms with Gasteiger partial charge in [-0.1, -0.05) is 6.92 Å². The first-order valence-corrected chi connectivity index (χ1v) is 8.62. The van der Waals surface area contributed by atoms with E-state index in [0.29, 0.717) is 0 Å². The molecule has 2 heterocycles. The maximum absolute atomic E-state index is 13.8. The molecule has 0 fully saturated rings. The smallest absolute Gasteiger partial charge is 0.286 e. The maximum Gasteiger partial charge on any atom is 0.286 e. The summed E-state index contributed by atoms with van der Waals surface area (Å²) >= 11 is 0. The van der Waals surface area contributed by atoms with Gasteiger partial charge in [0, 0.05) is 6.42 Å². The van der Waals surface area contributed by atoms with Gasteiger partial charge in [0.2, 0.25) is 0 Å². The van der Waals surface area contributed by atoms with Crippen LogP contribution >= 0.6 is 0 Å². The second kappa shape index (κ2) is 8.26. The average Bonchev–Trinajstić information content (AvgIpc) is 3.04. The minimum Gasteiger partial charge on any atom is -0.309 e. The first kappa shape index (κ1) is 20.9. The van der Waals surface area contributed by atoms with Gasteiger partial charge in [-0.15, -0.1) is 0 Å². The van der Waals surface area contributed by atoms with Crippen molar-refractivity contribution < 1.29 is 26.3 Å². The van der Waals surface area contributed by atoms with Crippen LogP contribution in [0.3, 0.4) is 0 Å². The molecule has 3 rings (SSSR count). The Hall–Kier alpha value is -2.85. The first-order valence-electron chi connectivity index (χ1n) is 8.62. The van der Waals surface area contributed by atoms with Crippen LogP contribution < -0.4 is 5.56 Å². The standard InChI is InChI=1S/C18H16F6N4O/c1-9(14(22)16(23)24)6-13-26-17-15(25-8-27(17)7-12(20)21)18(29)28(13)11-4-2-10(19)3-5-11/h2-5,8-9,12,14,16H,6-7H2,1H3. The molecule has 156 valence electrons. The van der Waals surface area contributed by atoms with Gasteiger partial charge in [-0.25, -0.2) is 36.3 Å². The van der Waals surface area contributed by atoms with Crippen LogP contribution in [0, 0.1) is 11.7 Å². The second-order valence-corrected chi connectivity index (χ2v) is 6.57. The van der Waals surface area contributed by atoms with Crippen molar-refractivity contribution in [3.8, 4) is 5.69 Å². The summed E-state index contributed by atoms with van der Waals surface area (Å²) in [6.45, 7) is 0.444. The van der Waals surface area contributed by atoms with Crippen LogP contribution in [0.2, 0.25) is 0 Å². The maximum atomic E-state index is 13.8. The van der Waals surface area contributed by atoms with E-state index in [-0.39, 0.29) is 29.1 Å². The Balaban J connectivity index is 2.19. The number of benzene rings is 1. The summed E-state index contributed by atoms with van der Waals surface area (Å²) in [4.78, 5) is 20.9. The van der Waals surface area contributed by atoms with Crippen molar-refractivity contribution in [1.82, 2.24) is 19.1 Å². The molecule has 0 spiro atoms. The third-order valence-electron chi connectivity index (χ3n) is 4.42. The van der Waals surface area contributed by atoms with Crippen molar-refractivity contribution in [2.24, 2.45) is 5.92 Å². The SMILES string of the molecule is CC(Cc1nc2c(ncn2CC(F)F)c(=O)n1-c1ccc(F)cc1)C(F)C(F)F. The Bertz CT molecular complexity index is 1050. The Morgan fingerprint density at radius 2 is 1.72 bits per heavy atom. The van der Waals surface area contributed by atoms with Crippen molar-refractivity contribution in [2.45, 2.75) is 38.9 Å². The normalized spacial score (nSPS) is 14.1. The van der Waals surface area contributed by atoms with Gasteiger partial charge < -0.3 is 4.57 Å². The molecule has 2 atom stereocenters. The number of aromatic nitrogens is 4. The number of rotatable bonds is 7. The quantitative estimate of drug-likeness (QED) is 0.549. The summed E-state index contributed by atoms with van der Waals surface area (Å²) < 4.78 is 80.0.